The van der Waals surface area contributed by atoms with Crippen LogP contribution in [0.15, 0.2) is 42.0 Å². The molecule has 9 nitrogen and oxygen atoms in total. The molecule has 10 heteroatoms. The highest BCUT2D eigenvalue weighted by Gasteiger charge is 2.37. The summed E-state index contributed by atoms with van der Waals surface area (Å²) in [5.41, 5.74) is 0.725. The van der Waals surface area contributed by atoms with Gasteiger partial charge in [0.25, 0.3) is 11.8 Å². The number of benzene rings is 2. The number of nitrogens with zero attached hydrogens (tertiary/aromatic N) is 1. The first-order valence-electron chi connectivity index (χ1n) is 9.80. The van der Waals surface area contributed by atoms with Gasteiger partial charge < -0.3 is 14.2 Å². The number of imide groups is 2. The Bertz CT molecular complexity index is 1160. The Morgan fingerprint density at radius 1 is 1.09 bits per heavy atom. The van der Waals surface area contributed by atoms with Crippen molar-refractivity contribution in [3.05, 3.63) is 56.7 Å². The highest BCUT2D eigenvalue weighted by atomic mass is 127. The van der Waals surface area contributed by atoms with Gasteiger partial charge in [-0.3, -0.25) is 14.9 Å². The van der Waals surface area contributed by atoms with Crippen LogP contribution in [0.1, 0.15) is 29.8 Å². The first-order valence-corrected chi connectivity index (χ1v) is 10.9. The molecule has 0 aliphatic carbocycles. The van der Waals surface area contributed by atoms with Gasteiger partial charge in [0.1, 0.15) is 5.57 Å². The maximum absolute atomic E-state index is 13.1. The Hall–Kier alpha value is -3.41. The number of urea groups is 1. The van der Waals surface area contributed by atoms with Crippen LogP contribution in [0, 0.1) is 3.57 Å². The molecule has 0 atom stereocenters. The van der Waals surface area contributed by atoms with E-state index < -0.39 is 23.8 Å². The van der Waals surface area contributed by atoms with Gasteiger partial charge in [-0.2, -0.15) is 0 Å². The molecule has 0 spiro atoms. The zero-order chi connectivity index (χ0) is 24.3. The third-order valence-electron chi connectivity index (χ3n) is 4.56. The van der Waals surface area contributed by atoms with Crippen LogP contribution in [-0.2, 0) is 14.3 Å². The van der Waals surface area contributed by atoms with E-state index in [0.717, 1.165) is 8.47 Å². The molecule has 172 valence electrons. The molecule has 1 fully saturated rings. The van der Waals surface area contributed by atoms with Crippen molar-refractivity contribution < 1.29 is 33.4 Å². The lowest BCUT2D eigenvalue weighted by Crippen LogP contribution is -2.54. The van der Waals surface area contributed by atoms with Crippen molar-refractivity contribution in [2.75, 3.05) is 19.1 Å². The smallest absolute Gasteiger partial charge is 0.337 e. The number of carbonyl (C=O) groups excluding carboxylic acids is 4. The van der Waals surface area contributed by atoms with Crippen LogP contribution >= 0.6 is 22.6 Å². The van der Waals surface area contributed by atoms with Gasteiger partial charge in [-0.1, -0.05) is 0 Å². The summed E-state index contributed by atoms with van der Waals surface area (Å²) in [6, 6.07) is 8.16. The standard InChI is InChI=1S/C23H21IN2O7/c1-12(2)33-19-17(24)10-13(11-18(19)31-3)9-16-20(27)25-23(30)26(21(16)28)15-7-5-14(6-8-15)22(29)32-4/h5-12H,1-4H3,(H,25,27,30)/b16-9+. The predicted octanol–water partition coefficient (Wildman–Crippen LogP) is 3.54. The number of nitrogens with one attached hydrogen (secondary N) is 1. The number of hydrogen-bond donors (Lipinski definition) is 1. The van der Waals surface area contributed by atoms with Crippen molar-refractivity contribution in [1.29, 1.82) is 0 Å². The highest BCUT2D eigenvalue weighted by molar-refractivity contribution is 14.1. The van der Waals surface area contributed by atoms with Gasteiger partial charge in [0.2, 0.25) is 0 Å². The van der Waals surface area contributed by atoms with Crippen LogP contribution in [0.4, 0.5) is 10.5 Å². The second kappa shape index (κ2) is 10.0. The Labute approximate surface area is 203 Å². The average Bonchev–Trinajstić information content (AvgIpc) is 2.77. The van der Waals surface area contributed by atoms with E-state index in [1.807, 2.05) is 13.8 Å². The molecule has 1 N–H and O–H groups in total. The van der Waals surface area contributed by atoms with Crippen molar-refractivity contribution in [1.82, 2.24) is 5.32 Å². The minimum Gasteiger partial charge on any atom is -0.493 e. The monoisotopic (exact) mass is 564 g/mol. The Balaban J connectivity index is 1.99. The molecule has 0 radical (unpaired) electrons. The van der Waals surface area contributed by atoms with E-state index in [0.29, 0.717) is 17.1 Å². The Kier molecular flexibility index (Phi) is 7.36. The van der Waals surface area contributed by atoms with Gasteiger partial charge in [0, 0.05) is 0 Å². The molecule has 0 bridgehead atoms. The highest BCUT2D eigenvalue weighted by Crippen LogP contribution is 2.35. The normalized spacial score (nSPS) is 15.0. The van der Waals surface area contributed by atoms with Crippen LogP contribution in [0.25, 0.3) is 6.08 Å². The molecule has 33 heavy (non-hydrogen) atoms. The lowest BCUT2D eigenvalue weighted by Gasteiger charge is -2.26. The van der Waals surface area contributed by atoms with E-state index >= 15 is 0 Å². The minimum atomic E-state index is -0.888. The molecule has 1 saturated heterocycles. The molecule has 0 aromatic heterocycles. The summed E-state index contributed by atoms with van der Waals surface area (Å²) in [6.07, 6.45) is 1.30. The Morgan fingerprint density at radius 3 is 2.33 bits per heavy atom. The summed E-state index contributed by atoms with van der Waals surface area (Å²) >= 11 is 2.08. The topological polar surface area (TPSA) is 111 Å². The fraction of sp³-hybridized carbons (Fsp3) is 0.217. The van der Waals surface area contributed by atoms with Gasteiger partial charge in [-0.05, 0) is 84.5 Å². The number of ether oxygens (including phenoxy) is 3. The van der Waals surface area contributed by atoms with E-state index in [1.54, 1.807) is 12.1 Å². The van der Waals surface area contributed by atoms with Crippen molar-refractivity contribution >= 4 is 58.2 Å². The summed E-state index contributed by atoms with van der Waals surface area (Å²) in [5, 5.41) is 2.17. The quantitative estimate of drug-likeness (QED) is 0.247. The summed E-state index contributed by atoms with van der Waals surface area (Å²) in [7, 11) is 2.74. The SMILES string of the molecule is COC(=O)c1ccc(N2C(=O)NC(=O)/C(=C\c3cc(I)c(OC(C)C)c(OC)c3)C2=O)cc1. The summed E-state index contributed by atoms with van der Waals surface area (Å²) in [6.45, 7) is 3.78. The molecule has 0 saturated carbocycles. The maximum atomic E-state index is 13.1. The molecule has 3 rings (SSSR count). The first-order chi connectivity index (χ1) is 15.7. The largest absolute Gasteiger partial charge is 0.493 e. The van der Waals surface area contributed by atoms with Crippen LogP contribution in [0.2, 0.25) is 0 Å². The number of amides is 4. The molecule has 2 aromatic carbocycles. The molecular formula is C23H21IN2O7. The average molecular weight is 564 g/mol. The van der Waals surface area contributed by atoms with E-state index in [1.165, 1.54) is 44.6 Å². The third kappa shape index (κ3) is 5.16. The van der Waals surface area contributed by atoms with Crippen molar-refractivity contribution in [3.63, 3.8) is 0 Å². The lowest BCUT2D eigenvalue weighted by molar-refractivity contribution is -0.122. The van der Waals surface area contributed by atoms with Crippen molar-refractivity contribution in [2.45, 2.75) is 20.0 Å². The van der Waals surface area contributed by atoms with E-state index in [9.17, 15) is 19.2 Å². The predicted molar refractivity (Wildman–Crippen MR) is 128 cm³/mol. The van der Waals surface area contributed by atoms with Crippen molar-refractivity contribution in [2.24, 2.45) is 0 Å². The van der Waals surface area contributed by atoms with Gasteiger partial charge in [0.15, 0.2) is 11.5 Å². The number of rotatable bonds is 6. The molecule has 0 unspecified atom stereocenters. The number of halogens is 1. The van der Waals surface area contributed by atoms with Gasteiger partial charge in [-0.15, -0.1) is 0 Å². The van der Waals surface area contributed by atoms with Crippen LogP contribution in [0.3, 0.4) is 0 Å². The van der Waals surface area contributed by atoms with Gasteiger partial charge in [0.05, 0.1) is 35.1 Å². The molecule has 1 aliphatic heterocycles. The Morgan fingerprint density at radius 2 is 1.76 bits per heavy atom. The van der Waals surface area contributed by atoms with Gasteiger partial charge in [-0.25, -0.2) is 14.5 Å². The van der Waals surface area contributed by atoms with E-state index in [4.69, 9.17) is 9.47 Å². The fourth-order valence-electron chi connectivity index (χ4n) is 3.10. The van der Waals surface area contributed by atoms with Crippen LogP contribution in [0.5, 0.6) is 11.5 Å². The van der Waals surface area contributed by atoms with E-state index in [-0.39, 0.29) is 22.9 Å². The first kappa shape index (κ1) is 24.2. The number of carbonyl (C=O) groups is 4. The third-order valence-corrected chi connectivity index (χ3v) is 5.37. The fourth-order valence-corrected chi connectivity index (χ4v) is 3.85. The molecule has 1 heterocycles. The van der Waals surface area contributed by atoms with E-state index in [2.05, 4.69) is 32.6 Å². The zero-order valence-corrected chi connectivity index (χ0v) is 20.5. The molecule has 1 aliphatic rings. The molecule has 2 aromatic rings. The minimum absolute atomic E-state index is 0.0764. The lowest BCUT2D eigenvalue weighted by atomic mass is 10.1. The summed E-state index contributed by atoms with van der Waals surface area (Å²) in [5.74, 6) is -1.18. The van der Waals surface area contributed by atoms with Crippen LogP contribution in [-0.4, -0.2) is 44.1 Å². The summed E-state index contributed by atoms with van der Waals surface area (Å²) in [4.78, 5) is 50.4. The number of hydrogen-bond acceptors (Lipinski definition) is 7. The van der Waals surface area contributed by atoms with Crippen molar-refractivity contribution in [3.8, 4) is 11.5 Å². The molecule has 4 amide bonds. The number of barbiturate groups is 1. The maximum Gasteiger partial charge on any atom is 0.337 e. The second-order valence-corrected chi connectivity index (χ2v) is 8.36. The number of esters is 1. The second-order valence-electron chi connectivity index (χ2n) is 7.20. The molecular weight excluding hydrogens is 543 g/mol. The zero-order valence-electron chi connectivity index (χ0n) is 18.3. The summed E-state index contributed by atoms with van der Waals surface area (Å²) < 4.78 is 16.6. The number of anilines is 1. The van der Waals surface area contributed by atoms with Crippen LogP contribution < -0.4 is 19.7 Å². The number of methoxy groups -OCH3 is 2. The van der Waals surface area contributed by atoms with Gasteiger partial charge >= 0.3 is 12.0 Å².